The van der Waals surface area contributed by atoms with Crippen LogP contribution in [0.25, 0.3) is 0 Å². The third-order valence-corrected chi connectivity index (χ3v) is 7.42. The van der Waals surface area contributed by atoms with Crippen LogP contribution in [0.2, 0.25) is 0 Å². The molecule has 0 saturated carbocycles. The van der Waals surface area contributed by atoms with Gasteiger partial charge in [0, 0.05) is 30.5 Å². The molecule has 0 spiro atoms. The summed E-state index contributed by atoms with van der Waals surface area (Å²) in [7, 11) is -0.336. The molecule has 1 heterocycles. The van der Waals surface area contributed by atoms with Gasteiger partial charge in [-0.1, -0.05) is 20.8 Å². The van der Waals surface area contributed by atoms with Crippen LogP contribution in [0.4, 0.5) is 0 Å². The molecule has 1 aliphatic rings. The first-order valence-corrected chi connectivity index (χ1v) is 14.8. The number of nitrogens with zero attached hydrogens (tertiary/aromatic N) is 2. The highest BCUT2D eigenvalue weighted by molar-refractivity contribution is 7.85. The summed E-state index contributed by atoms with van der Waals surface area (Å²) < 4.78 is 36.5. The normalized spacial score (nSPS) is 14.8. The van der Waals surface area contributed by atoms with Gasteiger partial charge in [-0.05, 0) is 6.42 Å². The van der Waals surface area contributed by atoms with E-state index in [-0.39, 0.29) is 57.3 Å². The zero-order valence-electron chi connectivity index (χ0n) is 24.0. The fraction of sp³-hybridized carbons (Fsp3) is 0.720. The van der Waals surface area contributed by atoms with Crippen LogP contribution >= 0.6 is 0 Å². The Balaban J connectivity index is 2.56. The number of imide groups is 1. The highest BCUT2D eigenvalue weighted by Crippen LogP contribution is 2.20. The van der Waals surface area contributed by atoms with Crippen LogP contribution in [0.15, 0.2) is 12.2 Å². The van der Waals surface area contributed by atoms with Gasteiger partial charge in [-0.2, -0.15) is 8.42 Å². The minimum absolute atomic E-state index is 0.0934. The Bertz CT molecular complexity index is 1040. The predicted octanol–water partition coefficient (Wildman–Crippen LogP) is -1.17. The summed E-state index contributed by atoms with van der Waals surface area (Å²) in [4.78, 5) is 62.3. The largest absolute Gasteiger partial charge is 0.378 e. The van der Waals surface area contributed by atoms with E-state index < -0.39 is 45.2 Å². The van der Waals surface area contributed by atoms with Crippen LogP contribution in [0, 0.1) is 5.41 Å². The average molecular weight is 591 g/mol. The first-order valence-electron chi connectivity index (χ1n) is 13.2. The van der Waals surface area contributed by atoms with Gasteiger partial charge in [0.2, 0.25) is 17.7 Å². The Morgan fingerprint density at radius 3 is 2.25 bits per heavy atom. The topological polar surface area (TPSA) is 188 Å². The second kappa shape index (κ2) is 15.8. The van der Waals surface area contributed by atoms with Crippen molar-refractivity contribution < 1.29 is 46.2 Å². The van der Waals surface area contributed by atoms with Crippen molar-refractivity contribution in [2.45, 2.75) is 46.1 Å². The molecule has 1 aliphatic heterocycles. The average Bonchev–Trinajstić information content (AvgIpc) is 3.16. The molecule has 0 aromatic rings. The standard InChI is InChI=1S/C25H43N5O9S/c1-6-25(2,3)24(35)28-19(23(34)27-10-14-30(4,5)13-7-17-40(36,37)38)18-20(31)26-11-15-39-16-12-29-21(32)8-9-22(29)33/h8-9,19H,6-7,10-18H2,1-5H3,(H3-,26,27,28,31,34,35,36,37,38)/p+1. The molecule has 0 bridgehead atoms. The summed E-state index contributed by atoms with van der Waals surface area (Å²) in [5, 5.41) is 8.03. The lowest BCUT2D eigenvalue weighted by molar-refractivity contribution is -0.889. The number of amides is 5. The SMILES string of the molecule is CCC(C)(C)C(=O)NC(CC(=O)NCCOCCN1C(=O)C=CC1=O)C(=O)NCC[N+](C)(C)CCCS(=O)(=O)O. The zero-order valence-corrected chi connectivity index (χ0v) is 24.8. The number of quaternary nitrogens is 1. The summed E-state index contributed by atoms with van der Waals surface area (Å²) in [6.45, 7) is 6.87. The molecule has 0 aromatic heterocycles. The van der Waals surface area contributed by atoms with E-state index in [1.807, 2.05) is 21.0 Å². The summed E-state index contributed by atoms with van der Waals surface area (Å²) in [5.41, 5.74) is -0.748. The number of rotatable bonds is 19. The smallest absolute Gasteiger partial charge is 0.265 e. The molecule has 40 heavy (non-hydrogen) atoms. The molecule has 1 atom stereocenters. The fourth-order valence-electron chi connectivity index (χ4n) is 3.54. The predicted molar refractivity (Wildman–Crippen MR) is 146 cm³/mol. The molecular weight excluding hydrogens is 546 g/mol. The third-order valence-electron chi connectivity index (χ3n) is 6.62. The minimum atomic E-state index is -4.04. The number of nitrogens with one attached hydrogen (secondary N) is 3. The Labute approximate surface area is 236 Å². The molecule has 228 valence electrons. The highest BCUT2D eigenvalue weighted by atomic mass is 32.2. The van der Waals surface area contributed by atoms with E-state index in [4.69, 9.17) is 9.29 Å². The molecular formula is C25H44N5O9S+. The van der Waals surface area contributed by atoms with Gasteiger partial charge in [-0.25, -0.2) is 0 Å². The Kier molecular flexibility index (Phi) is 13.9. The van der Waals surface area contributed by atoms with Crippen molar-refractivity contribution in [3.05, 3.63) is 12.2 Å². The maximum Gasteiger partial charge on any atom is 0.265 e. The minimum Gasteiger partial charge on any atom is -0.378 e. The van der Waals surface area contributed by atoms with Crippen LogP contribution in [0.3, 0.4) is 0 Å². The third kappa shape index (κ3) is 13.5. The summed E-state index contributed by atoms with van der Waals surface area (Å²) in [6.07, 6.45) is 2.84. The number of ether oxygens (including phenoxy) is 1. The van der Waals surface area contributed by atoms with Crippen molar-refractivity contribution in [1.29, 1.82) is 0 Å². The quantitative estimate of drug-likeness (QED) is 0.0622. The number of hydrogen-bond acceptors (Lipinski definition) is 8. The van der Waals surface area contributed by atoms with Crippen LogP contribution in [0.5, 0.6) is 0 Å². The van der Waals surface area contributed by atoms with Gasteiger partial charge < -0.3 is 25.2 Å². The van der Waals surface area contributed by atoms with Gasteiger partial charge in [-0.3, -0.25) is 33.4 Å². The first kappa shape index (κ1) is 35.1. The highest BCUT2D eigenvalue weighted by Gasteiger charge is 2.31. The number of carbonyl (C=O) groups excluding carboxylic acids is 5. The monoisotopic (exact) mass is 590 g/mol. The second-order valence-electron chi connectivity index (χ2n) is 10.9. The van der Waals surface area contributed by atoms with Crippen molar-refractivity contribution in [2.75, 3.05) is 65.8 Å². The van der Waals surface area contributed by atoms with Gasteiger partial charge >= 0.3 is 0 Å². The number of carbonyl (C=O) groups is 5. The van der Waals surface area contributed by atoms with Crippen LogP contribution < -0.4 is 16.0 Å². The van der Waals surface area contributed by atoms with Gasteiger partial charge in [0.1, 0.15) is 6.04 Å². The van der Waals surface area contributed by atoms with E-state index in [1.165, 1.54) is 12.2 Å². The number of hydrogen-bond donors (Lipinski definition) is 4. The molecule has 15 heteroatoms. The lowest BCUT2D eigenvalue weighted by Gasteiger charge is -2.30. The van der Waals surface area contributed by atoms with E-state index in [0.717, 1.165) is 4.90 Å². The zero-order chi connectivity index (χ0) is 30.6. The summed E-state index contributed by atoms with van der Waals surface area (Å²) >= 11 is 0. The molecule has 0 aliphatic carbocycles. The summed E-state index contributed by atoms with van der Waals surface area (Å²) in [6, 6.07) is -1.12. The molecule has 14 nitrogen and oxygen atoms in total. The molecule has 5 amide bonds. The lowest BCUT2D eigenvalue weighted by Crippen LogP contribution is -2.54. The van der Waals surface area contributed by atoms with Crippen molar-refractivity contribution in [3.63, 3.8) is 0 Å². The van der Waals surface area contributed by atoms with Gasteiger partial charge in [0.15, 0.2) is 0 Å². The summed E-state index contributed by atoms with van der Waals surface area (Å²) in [5.74, 6) is -2.53. The van der Waals surface area contributed by atoms with E-state index in [0.29, 0.717) is 24.0 Å². The van der Waals surface area contributed by atoms with Gasteiger partial charge in [-0.15, -0.1) is 0 Å². The maximum absolute atomic E-state index is 12.9. The Morgan fingerprint density at radius 1 is 1.05 bits per heavy atom. The molecule has 0 saturated heterocycles. The van der Waals surface area contributed by atoms with Crippen molar-refractivity contribution in [1.82, 2.24) is 20.9 Å². The van der Waals surface area contributed by atoms with Gasteiger partial charge in [0.05, 0.1) is 65.7 Å². The van der Waals surface area contributed by atoms with E-state index in [2.05, 4.69) is 16.0 Å². The Morgan fingerprint density at radius 2 is 1.68 bits per heavy atom. The van der Waals surface area contributed by atoms with Crippen molar-refractivity contribution >= 4 is 39.7 Å². The lowest BCUT2D eigenvalue weighted by atomic mass is 9.89. The molecule has 4 N–H and O–H groups in total. The molecule has 1 rings (SSSR count). The van der Waals surface area contributed by atoms with Crippen molar-refractivity contribution in [3.8, 4) is 0 Å². The van der Waals surface area contributed by atoms with Crippen LogP contribution in [0.1, 0.15) is 40.0 Å². The molecule has 0 aromatic carbocycles. The molecule has 0 fully saturated rings. The van der Waals surface area contributed by atoms with Crippen LogP contribution in [-0.4, -0.2) is 124 Å². The second-order valence-corrected chi connectivity index (χ2v) is 12.5. The number of likely N-dealkylation sites (N-methyl/N-ethyl adjacent to an activating group) is 1. The molecule has 1 unspecified atom stereocenters. The Hall–Kier alpha value is -2.88. The first-order chi connectivity index (χ1) is 18.5. The van der Waals surface area contributed by atoms with E-state index in [9.17, 15) is 32.4 Å². The molecule has 0 radical (unpaired) electrons. The van der Waals surface area contributed by atoms with Crippen molar-refractivity contribution in [2.24, 2.45) is 5.41 Å². The fourth-order valence-corrected chi connectivity index (χ4v) is 4.04. The van der Waals surface area contributed by atoms with Crippen LogP contribution in [-0.2, 0) is 38.8 Å². The maximum atomic E-state index is 12.9. The van der Waals surface area contributed by atoms with Gasteiger partial charge in [0.25, 0.3) is 21.9 Å². The van der Waals surface area contributed by atoms with E-state index >= 15 is 0 Å². The van der Waals surface area contributed by atoms with E-state index in [1.54, 1.807) is 13.8 Å².